The number of benzene rings is 2. The summed E-state index contributed by atoms with van der Waals surface area (Å²) >= 11 is 12.2. The molecule has 0 bridgehead atoms. The van der Waals surface area contributed by atoms with Crippen LogP contribution < -0.4 is 5.73 Å². The monoisotopic (exact) mass is 445 g/mol. The van der Waals surface area contributed by atoms with Crippen molar-refractivity contribution >= 4 is 46.2 Å². The largest absolute Gasteiger partial charge is 0.382 e. The molecule has 0 spiro atoms. The van der Waals surface area contributed by atoms with Gasteiger partial charge in [0.25, 0.3) is 0 Å². The van der Waals surface area contributed by atoms with E-state index in [0.717, 1.165) is 18.2 Å². The van der Waals surface area contributed by atoms with Crippen molar-refractivity contribution in [2.45, 2.75) is 0 Å². The van der Waals surface area contributed by atoms with Crippen LogP contribution in [0.25, 0.3) is 5.65 Å². The molecule has 2 aromatic heterocycles. The first kappa shape index (κ1) is 20.0. The van der Waals surface area contributed by atoms with Gasteiger partial charge in [-0.2, -0.15) is 0 Å². The number of pyridine rings is 1. The van der Waals surface area contributed by atoms with Crippen molar-refractivity contribution in [1.29, 1.82) is 0 Å². The van der Waals surface area contributed by atoms with Crippen molar-refractivity contribution in [3.63, 3.8) is 0 Å². The number of nitrogens with zero attached hydrogens (tertiary/aromatic N) is 2. The maximum Gasteiger partial charge on any atom is 0.219 e. The number of nitrogen functional groups attached to an aromatic ring is 1. The third-order valence-corrected chi connectivity index (χ3v) is 5.13. The lowest BCUT2D eigenvalue weighted by molar-refractivity contribution is 0.102. The second-order valence-electron chi connectivity index (χ2n) is 6.34. The van der Waals surface area contributed by atoms with Crippen molar-refractivity contribution in [3.05, 3.63) is 98.8 Å². The average Bonchev–Trinajstić information content (AvgIpc) is 3.02. The fraction of sp³-hybridized carbons (Fsp3) is 0. The predicted molar refractivity (Wildman–Crippen MR) is 109 cm³/mol. The number of carbonyl (C=O) groups is 2. The van der Waals surface area contributed by atoms with E-state index in [1.165, 1.54) is 34.9 Å². The average molecular weight is 446 g/mol. The van der Waals surface area contributed by atoms with Gasteiger partial charge in [0, 0.05) is 11.8 Å². The van der Waals surface area contributed by atoms with Gasteiger partial charge >= 0.3 is 0 Å². The normalized spacial score (nSPS) is 11.1. The highest BCUT2D eigenvalue weighted by atomic mass is 35.5. The summed E-state index contributed by atoms with van der Waals surface area (Å²) in [5.41, 5.74) is 5.24. The fourth-order valence-electron chi connectivity index (χ4n) is 3.12. The highest BCUT2D eigenvalue weighted by molar-refractivity contribution is 6.41. The van der Waals surface area contributed by atoms with Crippen molar-refractivity contribution in [1.82, 2.24) is 9.38 Å². The van der Waals surface area contributed by atoms with Gasteiger partial charge in [0.05, 0.1) is 21.2 Å². The number of nitrogens with two attached hydrogens (primary N) is 1. The third kappa shape index (κ3) is 3.22. The summed E-state index contributed by atoms with van der Waals surface area (Å²) in [6, 6.07) is 10.6. The first-order valence-corrected chi connectivity index (χ1v) is 9.30. The lowest BCUT2D eigenvalue weighted by Crippen LogP contribution is -2.13. The molecule has 30 heavy (non-hydrogen) atoms. The topological polar surface area (TPSA) is 77.5 Å². The molecule has 0 saturated heterocycles. The summed E-state index contributed by atoms with van der Waals surface area (Å²) in [4.78, 5) is 29.9. The third-order valence-electron chi connectivity index (χ3n) is 4.50. The van der Waals surface area contributed by atoms with E-state index in [9.17, 15) is 18.4 Å². The molecular weight excluding hydrogens is 435 g/mol. The zero-order valence-electron chi connectivity index (χ0n) is 15.0. The van der Waals surface area contributed by atoms with E-state index in [-0.39, 0.29) is 38.3 Å². The molecule has 0 unspecified atom stereocenters. The fourth-order valence-corrected chi connectivity index (χ4v) is 3.68. The highest BCUT2D eigenvalue weighted by Crippen LogP contribution is 2.28. The summed E-state index contributed by atoms with van der Waals surface area (Å²) in [5, 5.41) is 0.310. The minimum Gasteiger partial charge on any atom is -0.382 e. The number of carbonyl (C=O) groups excluding carboxylic acids is 2. The molecular formula is C21H11Cl2F2N3O2. The molecule has 150 valence electrons. The van der Waals surface area contributed by atoms with Crippen molar-refractivity contribution in [2.75, 3.05) is 5.73 Å². The molecule has 0 aliphatic heterocycles. The second-order valence-corrected chi connectivity index (χ2v) is 7.16. The standard InChI is InChI=1S/C21H11Cl2F2N3O2/c22-11-3-1-4-12(23)16(11)19(29)10-7-8-15-27-21(26)18(28(15)9-10)20(30)17-13(24)5-2-6-14(17)25/h1-9H,26H2. The Morgan fingerprint density at radius 2 is 1.47 bits per heavy atom. The van der Waals surface area contributed by atoms with Crippen LogP contribution in [0.3, 0.4) is 0 Å². The highest BCUT2D eigenvalue weighted by Gasteiger charge is 2.26. The molecule has 0 radical (unpaired) electrons. The zero-order valence-corrected chi connectivity index (χ0v) is 16.5. The number of ketones is 2. The Balaban J connectivity index is 1.89. The van der Waals surface area contributed by atoms with Crippen LogP contribution in [0.5, 0.6) is 0 Å². The molecule has 0 aliphatic carbocycles. The van der Waals surface area contributed by atoms with E-state index >= 15 is 0 Å². The number of hydrogen-bond acceptors (Lipinski definition) is 4. The first-order chi connectivity index (χ1) is 14.3. The van der Waals surface area contributed by atoms with Crippen LogP contribution >= 0.6 is 23.2 Å². The Kier molecular flexibility index (Phi) is 5.01. The smallest absolute Gasteiger partial charge is 0.219 e. The van der Waals surface area contributed by atoms with Gasteiger partial charge in [-0.15, -0.1) is 0 Å². The maximum absolute atomic E-state index is 14.1. The van der Waals surface area contributed by atoms with Gasteiger partial charge in [-0.1, -0.05) is 35.3 Å². The Morgan fingerprint density at radius 1 is 0.867 bits per heavy atom. The van der Waals surface area contributed by atoms with E-state index in [2.05, 4.69) is 4.98 Å². The maximum atomic E-state index is 14.1. The van der Waals surface area contributed by atoms with Crippen molar-refractivity contribution in [3.8, 4) is 0 Å². The van der Waals surface area contributed by atoms with Gasteiger partial charge in [-0.25, -0.2) is 13.8 Å². The van der Waals surface area contributed by atoms with E-state index in [1.54, 1.807) is 6.07 Å². The molecule has 0 aliphatic rings. The molecule has 0 saturated carbocycles. The molecule has 5 nitrogen and oxygen atoms in total. The summed E-state index contributed by atoms with van der Waals surface area (Å²) in [6.45, 7) is 0. The molecule has 0 amide bonds. The van der Waals surface area contributed by atoms with Crippen LogP contribution in [0.1, 0.15) is 32.0 Å². The van der Waals surface area contributed by atoms with Crippen LogP contribution in [-0.2, 0) is 0 Å². The van der Waals surface area contributed by atoms with E-state index in [0.29, 0.717) is 0 Å². The Bertz CT molecular complexity index is 1310. The SMILES string of the molecule is Nc1nc2ccc(C(=O)c3c(Cl)cccc3Cl)cn2c1C(=O)c1c(F)cccc1F. The van der Waals surface area contributed by atoms with E-state index in [1.807, 2.05) is 0 Å². The number of hydrogen-bond donors (Lipinski definition) is 1. The van der Waals surface area contributed by atoms with E-state index < -0.39 is 28.8 Å². The minimum absolute atomic E-state index is 0.0845. The van der Waals surface area contributed by atoms with E-state index in [4.69, 9.17) is 28.9 Å². The molecule has 4 rings (SSSR count). The molecule has 0 atom stereocenters. The van der Waals surface area contributed by atoms with Crippen molar-refractivity contribution < 1.29 is 18.4 Å². The molecule has 4 aromatic rings. The quantitative estimate of drug-likeness (QED) is 0.450. The van der Waals surface area contributed by atoms with Crippen LogP contribution in [0.4, 0.5) is 14.6 Å². The summed E-state index contributed by atoms with van der Waals surface area (Å²) in [5.74, 6) is -3.82. The zero-order chi connectivity index (χ0) is 21.6. The number of aromatic nitrogens is 2. The van der Waals surface area contributed by atoms with Crippen LogP contribution in [0.2, 0.25) is 10.0 Å². The summed E-state index contributed by atoms with van der Waals surface area (Å²) in [7, 11) is 0. The number of imidazole rings is 1. The van der Waals surface area contributed by atoms with Gasteiger partial charge < -0.3 is 5.73 Å². The van der Waals surface area contributed by atoms with Gasteiger partial charge in [-0.3, -0.25) is 14.0 Å². The molecule has 2 aromatic carbocycles. The summed E-state index contributed by atoms with van der Waals surface area (Å²) < 4.78 is 29.5. The lowest BCUT2D eigenvalue weighted by Gasteiger charge is -2.08. The Hall–Kier alpha value is -3.29. The first-order valence-electron chi connectivity index (χ1n) is 8.54. The number of anilines is 1. The molecule has 2 N–H and O–H groups in total. The van der Waals surface area contributed by atoms with Gasteiger partial charge in [0.2, 0.25) is 5.78 Å². The van der Waals surface area contributed by atoms with Crippen LogP contribution in [0, 0.1) is 11.6 Å². The predicted octanol–water partition coefficient (Wildman–Crippen LogP) is 4.96. The molecule has 2 heterocycles. The van der Waals surface area contributed by atoms with Crippen molar-refractivity contribution in [2.24, 2.45) is 0 Å². The second kappa shape index (κ2) is 7.51. The number of fused-ring (bicyclic) bond motifs is 1. The summed E-state index contributed by atoms with van der Waals surface area (Å²) in [6.07, 6.45) is 1.30. The molecule has 9 heteroatoms. The Morgan fingerprint density at radius 3 is 2.10 bits per heavy atom. The van der Waals surface area contributed by atoms with Crippen LogP contribution in [0.15, 0.2) is 54.7 Å². The Labute approximate surface area is 178 Å². The van der Waals surface area contributed by atoms with Gasteiger partial charge in [-0.05, 0) is 36.4 Å². The van der Waals surface area contributed by atoms with Crippen LogP contribution in [-0.4, -0.2) is 21.0 Å². The minimum atomic E-state index is -1.04. The molecule has 0 fully saturated rings. The number of rotatable bonds is 4. The van der Waals surface area contributed by atoms with Gasteiger partial charge in [0.1, 0.15) is 23.0 Å². The number of halogens is 4. The van der Waals surface area contributed by atoms with Gasteiger partial charge in [0.15, 0.2) is 11.6 Å². The lowest BCUT2D eigenvalue weighted by atomic mass is 10.0.